The zero-order valence-electron chi connectivity index (χ0n) is 18.9. The summed E-state index contributed by atoms with van der Waals surface area (Å²) < 4.78 is 10.9. The van der Waals surface area contributed by atoms with Gasteiger partial charge in [-0.25, -0.2) is 0 Å². The van der Waals surface area contributed by atoms with Crippen LogP contribution in [-0.2, 0) is 26.2 Å². The zero-order valence-corrected chi connectivity index (χ0v) is 18.9. The molecule has 0 spiro atoms. The summed E-state index contributed by atoms with van der Waals surface area (Å²) in [5.74, 6) is 1.61. The fourth-order valence-corrected chi connectivity index (χ4v) is 7.12. The highest BCUT2D eigenvalue weighted by atomic mass is 16.5. The monoisotopic (exact) mass is 424 g/mol. The topological polar surface area (TPSA) is 71.6 Å². The van der Waals surface area contributed by atoms with Crippen molar-refractivity contribution in [1.82, 2.24) is 9.88 Å². The lowest BCUT2D eigenvalue weighted by Crippen LogP contribution is -2.70. The van der Waals surface area contributed by atoms with Gasteiger partial charge in [0.05, 0.1) is 14.2 Å². The molecule has 6 unspecified atom stereocenters. The number of Topliss-reactive ketones (excluding diaryl/α,β-unsaturated/α-hetero) is 1. The minimum absolute atomic E-state index is 0.0514. The maximum atomic E-state index is 13.6. The maximum Gasteiger partial charge on any atom is 0.319 e. The molecular weight excluding hydrogens is 392 g/mol. The number of piperidine rings is 2. The summed E-state index contributed by atoms with van der Waals surface area (Å²) >= 11 is 0. The summed E-state index contributed by atoms with van der Waals surface area (Å²) in [6.07, 6.45) is 4.27. The molecule has 4 aliphatic rings. The minimum Gasteiger partial charge on any atom is -0.497 e. The molecule has 3 aliphatic heterocycles. The van der Waals surface area contributed by atoms with E-state index in [2.05, 4.69) is 22.9 Å². The molecular formula is C25H32N2O4. The molecule has 1 aliphatic carbocycles. The molecule has 0 amide bonds. The summed E-state index contributed by atoms with van der Waals surface area (Å²) in [6, 6.07) is 6.37. The number of esters is 1. The van der Waals surface area contributed by atoms with Crippen LogP contribution in [0.15, 0.2) is 18.2 Å². The first-order chi connectivity index (χ1) is 14.9. The second-order valence-corrected chi connectivity index (χ2v) is 9.63. The number of benzene rings is 1. The number of nitrogens with zero attached hydrogens (tertiary/aromatic N) is 1. The largest absolute Gasteiger partial charge is 0.497 e. The predicted octanol–water partition coefficient (Wildman–Crippen LogP) is 3.61. The van der Waals surface area contributed by atoms with Gasteiger partial charge in [0.1, 0.15) is 16.9 Å². The van der Waals surface area contributed by atoms with Crippen LogP contribution in [0.3, 0.4) is 0 Å². The first-order valence-electron chi connectivity index (χ1n) is 11.5. The van der Waals surface area contributed by atoms with Gasteiger partial charge in [-0.1, -0.05) is 13.3 Å². The van der Waals surface area contributed by atoms with Gasteiger partial charge in [-0.05, 0) is 55.7 Å². The maximum absolute atomic E-state index is 13.6. The van der Waals surface area contributed by atoms with Crippen LogP contribution in [-0.4, -0.2) is 54.5 Å². The van der Waals surface area contributed by atoms with E-state index in [9.17, 15) is 9.59 Å². The molecule has 4 bridgehead atoms. The van der Waals surface area contributed by atoms with Crippen LogP contribution in [0, 0.1) is 11.8 Å². The quantitative estimate of drug-likeness (QED) is 0.743. The Hall–Kier alpha value is -2.34. The summed E-state index contributed by atoms with van der Waals surface area (Å²) in [5, 5.41) is 1.15. The summed E-state index contributed by atoms with van der Waals surface area (Å²) in [6.45, 7) is 4.77. The van der Waals surface area contributed by atoms with E-state index in [4.69, 9.17) is 9.47 Å². The van der Waals surface area contributed by atoms with Crippen molar-refractivity contribution in [3.8, 4) is 5.75 Å². The highest BCUT2D eigenvalue weighted by Gasteiger charge is 2.65. The number of nitrogens with one attached hydrogen (secondary N) is 1. The Bertz CT molecular complexity index is 1040. The molecule has 6 atom stereocenters. The number of ketones is 1. The highest BCUT2D eigenvalue weighted by molar-refractivity contribution is 5.92. The average Bonchev–Trinajstić information content (AvgIpc) is 3.09. The van der Waals surface area contributed by atoms with Gasteiger partial charge in [0, 0.05) is 47.7 Å². The Morgan fingerprint density at radius 3 is 2.77 bits per heavy atom. The van der Waals surface area contributed by atoms with Crippen molar-refractivity contribution < 1.29 is 19.1 Å². The van der Waals surface area contributed by atoms with E-state index in [1.165, 1.54) is 12.7 Å². The molecule has 1 saturated carbocycles. The number of hydrogen-bond acceptors (Lipinski definition) is 5. The number of H-pyrrole nitrogens is 1. The van der Waals surface area contributed by atoms with E-state index in [0.29, 0.717) is 18.3 Å². The van der Waals surface area contributed by atoms with Gasteiger partial charge in [0.15, 0.2) is 0 Å². The third-order valence-electron chi connectivity index (χ3n) is 8.22. The number of fused-ring (bicyclic) bond motifs is 4. The minimum atomic E-state index is -0.719. The Kier molecular flexibility index (Phi) is 4.88. The molecule has 0 radical (unpaired) electrons. The van der Waals surface area contributed by atoms with Crippen molar-refractivity contribution in [3.63, 3.8) is 0 Å². The molecule has 31 heavy (non-hydrogen) atoms. The van der Waals surface area contributed by atoms with E-state index >= 15 is 0 Å². The molecule has 166 valence electrons. The standard InChI is InChI=1S/C25H32N2O4/c1-5-15-11-16-13-25(24(29)31-4)22-19(18-7-6-17(30-3)12-20(18)26-22)8-9-27(23(15)25)21(16)10-14(2)28/h6-7,12,15-16,21,23,26H,5,8-11,13H2,1-4H3. The van der Waals surface area contributed by atoms with E-state index in [1.807, 2.05) is 12.1 Å². The molecule has 6 nitrogen and oxygen atoms in total. The zero-order chi connectivity index (χ0) is 21.9. The highest BCUT2D eigenvalue weighted by Crippen LogP contribution is 2.58. The Morgan fingerprint density at radius 1 is 1.29 bits per heavy atom. The lowest BCUT2D eigenvalue weighted by Gasteiger charge is -2.61. The summed E-state index contributed by atoms with van der Waals surface area (Å²) in [5.41, 5.74) is 2.54. The van der Waals surface area contributed by atoms with Crippen molar-refractivity contribution >= 4 is 22.7 Å². The second-order valence-electron chi connectivity index (χ2n) is 9.63. The van der Waals surface area contributed by atoms with Crippen LogP contribution in [0.1, 0.15) is 50.8 Å². The van der Waals surface area contributed by atoms with Crippen LogP contribution < -0.4 is 4.74 Å². The average molecular weight is 425 g/mol. The number of methoxy groups -OCH3 is 2. The van der Waals surface area contributed by atoms with E-state index in [-0.39, 0.29) is 23.8 Å². The Morgan fingerprint density at radius 2 is 2.10 bits per heavy atom. The number of ether oxygens (including phenoxy) is 2. The third-order valence-corrected chi connectivity index (χ3v) is 8.22. The Labute approximate surface area is 183 Å². The van der Waals surface area contributed by atoms with Crippen LogP contribution >= 0.6 is 0 Å². The first-order valence-corrected chi connectivity index (χ1v) is 11.5. The number of carbonyl (C=O) groups is 2. The van der Waals surface area contributed by atoms with E-state index in [1.54, 1.807) is 14.0 Å². The van der Waals surface area contributed by atoms with Gasteiger partial charge in [0.2, 0.25) is 0 Å². The number of carbonyl (C=O) groups excluding carboxylic acids is 2. The van der Waals surface area contributed by atoms with Crippen LogP contribution in [0.4, 0.5) is 0 Å². The molecule has 6 heteroatoms. The van der Waals surface area contributed by atoms with Crippen LogP contribution in [0.25, 0.3) is 10.9 Å². The van der Waals surface area contributed by atoms with Crippen molar-refractivity contribution in [2.75, 3.05) is 20.8 Å². The molecule has 2 aromatic rings. The SMILES string of the molecule is CCC1CC2CC3(C(=O)OC)c4[nH]c5cc(OC)ccc5c4CCN(C2CC(C)=O)C13. The molecule has 1 N–H and O–H groups in total. The molecule has 3 fully saturated rings. The van der Waals surface area contributed by atoms with Crippen molar-refractivity contribution in [2.24, 2.45) is 11.8 Å². The molecule has 1 aromatic carbocycles. The Balaban J connectivity index is 1.74. The number of rotatable bonds is 5. The van der Waals surface area contributed by atoms with Crippen molar-refractivity contribution in [2.45, 2.75) is 63.5 Å². The van der Waals surface area contributed by atoms with Crippen LogP contribution in [0.5, 0.6) is 5.75 Å². The summed E-state index contributed by atoms with van der Waals surface area (Å²) in [4.78, 5) is 31.9. The predicted molar refractivity (Wildman–Crippen MR) is 118 cm³/mol. The van der Waals surface area contributed by atoms with E-state index in [0.717, 1.165) is 54.6 Å². The molecule has 1 aromatic heterocycles. The van der Waals surface area contributed by atoms with Crippen molar-refractivity contribution in [1.29, 1.82) is 0 Å². The number of hydrogen-bond donors (Lipinski definition) is 1. The van der Waals surface area contributed by atoms with Gasteiger partial charge in [-0.15, -0.1) is 0 Å². The normalized spacial score (nSPS) is 33.6. The van der Waals surface area contributed by atoms with Gasteiger partial charge in [-0.3, -0.25) is 14.5 Å². The van der Waals surface area contributed by atoms with Gasteiger partial charge >= 0.3 is 5.97 Å². The second kappa shape index (κ2) is 7.37. The first kappa shape index (κ1) is 20.6. The van der Waals surface area contributed by atoms with Crippen LogP contribution in [0.2, 0.25) is 0 Å². The van der Waals surface area contributed by atoms with E-state index < -0.39 is 5.41 Å². The fraction of sp³-hybridized carbons (Fsp3) is 0.600. The third kappa shape index (κ3) is 2.80. The lowest BCUT2D eigenvalue weighted by atomic mass is 9.54. The number of aromatic nitrogens is 1. The van der Waals surface area contributed by atoms with Crippen molar-refractivity contribution in [3.05, 3.63) is 29.5 Å². The van der Waals surface area contributed by atoms with Gasteiger partial charge in [-0.2, -0.15) is 0 Å². The van der Waals surface area contributed by atoms with Gasteiger partial charge < -0.3 is 14.5 Å². The smallest absolute Gasteiger partial charge is 0.319 e. The van der Waals surface area contributed by atoms with Gasteiger partial charge in [0.25, 0.3) is 0 Å². The molecule has 2 saturated heterocycles. The number of aromatic amines is 1. The molecule has 4 heterocycles. The lowest BCUT2D eigenvalue weighted by molar-refractivity contribution is -0.169. The summed E-state index contributed by atoms with van der Waals surface area (Å²) in [7, 11) is 3.18. The fourth-order valence-electron chi connectivity index (χ4n) is 7.12. The molecule has 6 rings (SSSR count).